The van der Waals surface area contributed by atoms with Gasteiger partial charge in [0.25, 0.3) is 11.8 Å². The van der Waals surface area contributed by atoms with Crippen molar-refractivity contribution in [1.82, 2.24) is 10.2 Å². The van der Waals surface area contributed by atoms with Crippen LogP contribution in [0, 0.1) is 5.92 Å². The zero-order valence-electron chi connectivity index (χ0n) is 23.9. The third-order valence-corrected chi connectivity index (χ3v) is 6.85. The number of amides is 5. The quantitative estimate of drug-likeness (QED) is 0.187. The van der Waals surface area contributed by atoms with Crippen molar-refractivity contribution in [2.24, 2.45) is 17.4 Å². The molecule has 0 saturated carbocycles. The van der Waals surface area contributed by atoms with Crippen molar-refractivity contribution in [2.45, 2.75) is 19.3 Å². The fourth-order valence-electron chi connectivity index (χ4n) is 4.47. The number of para-hydroxylation sites is 2. The third kappa shape index (κ3) is 9.32. The fraction of sp³-hybridized carbons (Fsp3) is 0.258. The molecule has 1 heterocycles. The highest BCUT2D eigenvalue weighted by Crippen LogP contribution is 2.23. The molecular formula is C31H36N6O6. The van der Waals surface area contributed by atoms with Gasteiger partial charge in [0.2, 0.25) is 5.91 Å². The molecule has 0 bridgehead atoms. The molecule has 0 aliphatic carbocycles. The maximum Gasteiger partial charge on any atom is 0.317 e. The largest absolute Gasteiger partial charge is 0.497 e. The summed E-state index contributed by atoms with van der Waals surface area (Å²) in [7, 11) is 1.58. The van der Waals surface area contributed by atoms with Crippen LogP contribution in [0.2, 0.25) is 0 Å². The standard InChI is InChI=1S/C24H28N4O5.C7H8N2O/c1-33-18-8-6-16(7-9-18)22(30)17-11-14-28(15-12-17)24(32)26-13-10-21(29)27-20-5-3-2-4-19(20)23(25)31;8-6-4-2-1-3-5(6)7(9)10/h2-9,17H,10-15H2,1H3,(H2,25,31)(H,26,32)(H,27,29);1-4H,8H2,(H2,9,10). The number of carbonyl (C=O) groups excluding carboxylic acids is 5. The van der Waals surface area contributed by atoms with E-state index in [1.807, 2.05) is 0 Å². The van der Waals surface area contributed by atoms with Gasteiger partial charge in [0.1, 0.15) is 5.75 Å². The monoisotopic (exact) mass is 588 g/mol. The number of carbonyl (C=O) groups is 5. The Morgan fingerprint density at radius 3 is 1.98 bits per heavy atom. The Bertz CT molecular complexity index is 1450. The highest BCUT2D eigenvalue weighted by atomic mass is 16.5. The van der Waals surface area contributed by atoms with Crippen molar-refractivity contribution in [3.05, 3.63) is 89.5 Å². The van der Waals surface area contributed by atoms with Gasteiger partial charge in [-0.25, -0.2) is 4.79 Å². The van der Waals surface area contributed by atoms with Crippen molar-refractivity contribution in [3.8, 4) is 5.75 Å². The predicted molar refractivity (Wildman–Crippen MR) is 163 cm³/mol. The number of hydrogen-bond donors (Lipinski definition) is 5. The van der Waals surface area contributed by atoms with Gasteiger partial charge in [-0.2, -0.15) is 0 Å². The second kappa shape index (κ2) is 15.6. The third-order valence-electron chi connectivity index (χ3n) is 6.85. The van der Waals surface area contributed by atoms with E-state index in [1.54, 1.807) is 78.7 Å². The highest BCUT2D eigenvalue weighted by Gasteiger charge is 2.28. The summed E-state index contributed by atoms with van der Waals surface area (Å²) in [4.78, 5) is 60.9. The molecule has 3 aromatic carbocycles. The van der Waals surface area contributed by atoms with Crippen LogP contribution in [-0.2, 0) is 4.79 Å². The lowest BCUT2D eigenvalue weighted by atomic mass is 9.89. The number of likely N-dealkylation sites (tertiary alicyclic amines) is 1. The Morgan fingerprint density at radius 1 is 0.837 bits per heavy atom. The molecule has 12 nitrogen and oxygen atoms in total. The zero-order chi connectivity index (χ0) is 31.4. The molecule has 12 heteroatoms. The van der Waals surface area contributed by atoms with E-state index in [-0.39, 0.29) is 42.2 Å². The van der Waals surface area contributed by atoms with Crippen molar-refractivity contribution in [1.29, 1.82) is 0 Å². The van der Waals surface area contributed by atoms with Crippen LogP contribution in [0.25, 0.3) is 0 Å². The van der Waals surface area contributed by atoms with Crippen molar-refractivity contribution in [2.75, 3.05) is 37.8 Å². The molecule has 226 valence electrons. The van der Waals surface area contributed by atoms with Gasteiger partial charge in [-0.15, -0.1) is 0 Å². The number of hydrogen-bond acceptors (Lipinski definition) is 7. The molecule has 0 unspecified atom stereocenters. The summed E-state index contributed by atoms with van der Waals surface area (Å²) in [5.41, 5.74) is 17.7. The van der Waals surface area contributed by atoms with Crippen molar-refractivity contribution < 1.29 is 28.7 Å². The molecule has 43 heavy (non-hydrogen) atoms. The number of nitrogen functional groups attached to an aromatic ring is 1. The van der Waals surface area contributed by atoms with Crippen LogP contribution in [0.5, 0.6) is 5.75 Å². The summed E-state index contributed by atoms with van der Waals surface area (Å²) in [5, 5.41) is 5.37. The van der Waals surface area contributed by atoms with Crippen LogP contribution in [0.4, 0.5) is 16.2 Å². The first kappa shape index (κ1) is 32.1. The summed E-state index contributed by atoms with van der Waals surface area (Å²) in [6, 6.07) is 19.9. The normalized spacial score (nSPS) is 12.7. The average Bonchev–Trinajstić information content (AvgIpc) is 3.01. The van der Waals surface area contributed by atoms with Gasteiger partial charge >= 0.3 is 6.03 Å². The Balaban J connectivity index is 0.000000428. The van der Waals surface area contributed by atoms with E-state index >= 15 is 0 Å². The van der Waals surface area contributed by atoms with Gasteiger partial charge in [-0.05, 0) is 61.4 Å². The van der Waals surface area contributed by atoms with E-state index in [0.29, 0.717) is 54.2 Å². The van der Waals surface area contributed by atoms with Gasteiger partial charge in [-0.3, -0.25) is 19.2 Å². The molecule has 0 spiro atoms. The number of Topliss-reactive ketones (excluding diaryl/α,β-unsaturated/α-hetero) is 1. The van der Waals surface area contributed by atoms with E-state index in [2.05, 4.69) is 10.6 Å². The SMILES string of the molecule is COc1ccc(C(=O)C2CCN(C(=O)NCCC(=O)Nc3ccccc3C(N)=O)CC2)cc1.NC(=O)c1ccccc1N. The van der Waals surface area contributed by atoms with Crippen LogP contribution in [0.15, 0.2) is 72.8 Å². The van der Waals surface area contributed by atoms with E-state index in [9.17, 15) is 24.0 Å². The maximum absolute atomic E-state index is 12.7. The van der Waals surface area contributed by atoms with Gasteiger partial charge in [-0.1, -0.05) is 24.3 Å². The van der Waals surface area contributed by atoms with Gasteiger partial charge in [0.15, 0.2) is 5.78 Å². The number of nitrogens with one attached hydrogen (secondary N) is 2. The van der Waals surface area contributed by atoms with Gasteiger partial charge in [0.05, 0.1) is 23.9 Å². The molecule has 0 radical (unpaired) electrons. The summed E-state index contributed by atoms with van der Waals surface area (Å²) >= 11 is 0. The second-order valence-electron chi connectivity index (χ2n) is 9.75. The number of primary amides is 2. The topological polar surface area (TPSA) is 200 Å². The van der Waals surface area contributed by atoms with Gasteiger partial charge in [0, 0.05) is 43.2 Å². The first-order valence-electron chi connectivity index (χ1n) is 13.6. The molecule has 1 saturated heterocycles. The van der Waals surface area contributed by atoms with E-state index in [1.165, 1.54) is 6.07 Å². The number of piperidine rings is 1. The number of ether oxygens (including phenoxy) is 1. The molecule has 0 atom stereocenters. The summed E-state index contributed by atoms with van der Waals surface area (Å²) < 4.78 is 5.12. The number of nitrogens with zero attached hydrogens (tertiary/aromatic N) is 1. The highest BCUT2D eigenvalue weighted by molar-refractivity contribution is 6.03. The predicted octanol–water partition coefficient (Wildman–Crippen LogP) is 2.79. The fourth-order valence-corrected chi connectivity index (χ4v) is 4.47. The zero-order valence-corrected chi connectivity index (χ0v) is 23.9. The van der Waals surface area contributed by atoms with E-state index in [4.69, 9.17) is 21.9 Å². The molecular weight excluding hydrogens is 552 g/mol. The molecule has 8 N–H and O–H groups in total. The first-order valence-corrected chi connectivity index (χ1v) is 13.6. The molecule has 1 fully saturated rings. The number of methoxy groups -OCH3 is 1. The smallest absolute Gasteiger partial charge is 0.317 e. The lowest BCUT2D eigenvalue weighted by Gasteiger charge is -2.31. The Morgan fingerprint density at radius 2 is 1.42 bits per heavy atom. The van der Waals surface area contributed by atoms with Gasteiger partial charge < -0.3 is 37.5 Å². The molecule has 5 amide bonds. The van der Waals surface area contributed by atoms with Crippen LogP contribution in [-0.4, -0.2) is 61.2 Å². The maximum atomic E-state index is 12.7. The number of anilines is 2. The Labute approximate surface area is 249 Å². The van der Waals surface area contributed by atoms with Crippen LogP contribution < -0.4 is 32.6 Å². The Kier molecular flexibility index (Phi) is 11.6. The van der Waals surface area contributed by atoms with E-state index < -0.39 is 11.8 Å². The number of rotatable bonds is 9. The summed E-state index contributed by atoms with van der Waals surface area (Å²) in [6.07, 6.45) is 1.22. The lowest BCUT2D eigenvalue weighted by molar-refractivity contribution is -0.116. The molecule has 0 aromatic heterocycles. The van der Waals surface area contributed by atoms with Crippen molar-refractivity contribution in [3.63, 3.8) is 0 Å². The number of urea groups is 1. The van der Waals surface area contributed by atoms with Crippen LogP contribution in [0.1, 0.15) is 50.3 Å². The minimum absolute atomic E-state index is 0.0469. The van der Waals surface area contributed by atoms with Crippen LogP contribution >= 0.6 is 0 Å². The molecule has 4 rings (SSSR count). The number of ketones is 1. The number of benzene rings is 3. The minimum Gasteiger partial charge on any atom is -0.497 e. The molecule has 1 aliphatic rings. The first-order chi connectivity index (χ1) is 20.6. The van der Waals surface area contributed by atoms with Crippen molar-refractivity contribution >= 4 is 40.9 Å². The Hall–Kier alpha value is -5.39. The van der Waals surface area contributed by atoms with Crippen LogP contribution in [0.3, 0.4) is 0 Å². The summed E-state index contributed by atoms with van der Waals surface area (Å²) in [6.45, 7) is 1.08. The molecule has 3 aromatic rings. The number of nitrogens with two attached hydrogens (primary N) is 3. The second-order valence-corrected chi connectivity index (χ2v) is 9.75. The molecule has 1 aliphatic heterocycles. The summed E-state index contributed by atoms with van der Waals surface area (Å²) in [5.74, 6) is -0.813. The minimum atomic E-state index is -0.631. The average molecular weight is 589 g/mol. The lowest BCUT2D eigenvalue weighted by Crippen LogP contribution is -2.46. The van der Waals surface area contributed by atoms with E-state index in [0.717, 1.165) is 0 Å².